The van der Waals surface area contributed by atoms with Gasteiger partial charge in [-0.3, -0.25) is 0 Å². The van der Waals surface area contributed by atoms with E-state index in [0.29, 0.717) is 24.0 Å². The number of hydrogen-bond donors (Lipinski definition) is 2. The van der Waals surface area contributed by atoms with Crippen molar-refractivity contribution >= 4 is 10.0 Å². The van der Waals surface area contributed by atoms with Crippen molar-refractivity contribution in [3.63, 3.8) is 0 Å². The molecule has 1 aromatic rings. The molecule has 0 amide bonds. The van der Waals surface area contributed by atoms with Gasteiger partial charge in [-0.15, -0.1) is 0 Å². The average Bonchev–Trinajstić information content (AvgIpc) is 2.45. The van der Waals surface area contributed by atoms with E-state index in [2.05, 4.69) is 17.0 Å². The van der Waals surface area contributed by atoms with Crippen LogP contribution in [0.4, 0.5) is 0 Å². The van der Waals surface area contributed by atoms with Gasteiger partial charge in [0.25, 0.3) is 0 Å². The molecule has 5 heteroatoms. The Hall–Kier alpha value is -0.910. The molecule has 0 saturated heterocycles. The fourth-order valence-electron chi connectivity index (χ4n) is 2.06. The van der Waals surface area contributed by atoms with Gasteiger partial charge in [-0.25, -0.2) is 13.1 Å². The summed E-state index contributed by atoms with van der Waals surface area (Å²) in [6.07, 6.45) is 4.25. The molecular weight excluding hydrogens is 284 g/mol. The zero-order valence-corrected chi connectivity index (χ0v) is 14.2. The standard InChI is InChI=1S/C16H28N2O2S/c1-4-5-6-9-12-18-21(19,20)16-11-8-7-10-15(16)13-17-14(2)3/h7-8,10-11,14,17-18H,4-6,9,12-13H2,1-3H3. The molecule has 0 aromatic heterocycles. The van der Waals surface area contributed by atoms with E-state index in [0.717, 1.165) is 31.2 Å². The Bertz CT molecular complexity index is 513. The number of benzene rings is 1. The topological polar surface area (TPSA) is 58.2 Å². The van der Waals surface area contributed by atoms with E-state index in [-0.39, 0.29) is 0 Å². The molecular formula is C16H28N2O2S. The summed E-state index contributed by atoms with van der Waals surface area (Å²) >= 11 is 0. The van der Waals surface area contributed by atoms with Crippen LogP contribution in [0.3, 0.4) is 0 Å². The van der Waals surface area contributed by atoms with Gasteiger partial charge in [0.1, 0.15) is 0 Å². The van der Waals surface area contributed by atoms with Crippen molar-refractivity contribution in [3.05, 3.63) is 29.8 Å². The van der Waals surface area contributed by atoms with E-state index in [9.17, 15) is 8.42 Å². The molecule has 0 unspecified atom stereocenters. The Morgan fingerprint density at radius 1 is 1.10 bits per heavy atom. The minimum atomic E-state index is -3.42. The van der Waals surface area contributed by atoms with E-state index in [1.807, 2.05) is 26.0 Å². The molecule has 21 heavy (non-hydrogen) atoms. The van der Waals surface area contributed by atoms with Crippen molar-refractivity contribution in [2.24, 2.45) is 0 Å². The first-order valence-electron chi connectivity index (χ1n) is 7.78. The summed E-state index contributed by atoms with van der Waals surface area (Å²) < 4.78 is 27.5. The summed E-state index contributed by atoms with van der Waals surface area (Å²) in [4.78, 5) is 0.383. The molecule has 0 saturated carbocycles. The van der Waals surface area contributed by atoms with Crippen molar-refractivity contribution in [3.8, 4) is 0 Å². The number of sulfonamides is 1. The second kappa shape index (κ2) is 9.18. The molecule has 0 aliphatic carbocycles. The molecule has 0 aliphatic heterocycles. The molecule has 0 radical (unpaired) electrons. The number of hydrogen-bond acceptors (Lipinski definition) is 3. The van der Waals surface area contributed by atoms with Gasteiger partial charge in [-0.05, 0) is 18.1 Å². The highest BCUT2D eigenvalue weighted by Gasteiger charge is 2.17. The zero-order chi connectivity index (χ0) is 15.7. The van der Waals surface area contributed by atoms with Crippen molar-refractivity contribution < 1.29 is 8.42 Å². The summed E-state index contributed by atoms with van der Waals surface area (Å²) in [6.45, 7) is 7.30. The highest BCUT2D eigenvalue weighted by atomic mass is 32.2. The summed E-state index contributed by atoms with van der Waals surface area (Å²) in [5.74, 6) is 0. The number of unbranched alkanes of at least 4 members (excludes halogenated alkanes) is 3. The normalized spacial score (nSPS) is 12.0. The molecule has 0 spiro atoms. The minimum Gasteiger partial charge on any atom is -0.310 e. The van der Waals surface area contributed by atoms with Gasteiger partial charge in [0.2, 0.25) is 10.0 Å². The third kappa shape index (κ3) is 6.59. The molecule has 0 heterocycles. The minimum absolute atomic E-state index is 0.322. The summed E-state index contributed by atoms with van der Waals surface area (Å²) in [7, 11) is -3.42. The lowest BCUT2D eigenvalue weighted by atomic mass is 10.2. The van der Waals surface area contributed by atoms with Crippen LogP contribution in [-0.2, 0) is 16.6 Å². The van der Waals surface area contributed by atoms with Crippen LogP contribution in [-0.4, -0.2) is 21.0 Å². The van der Waals surface area contributed by atoms with E-state index < -0.39 is 10.0 Å². The lowest BCUT2D eigenvalue weighted by molar-refractivity contribution is 0.563. The quantitative estimate of drug-likeness (QED) is 0.653. The van der Waals surface area contributed by atoms with Crippen LogP contribution >= 0.6 is 0 Å². The Morgan fingerprint density at radius 2 is 1.81 bits per heavy atom. The highest BCUT2D eigenvalue weighted by Crippen LogP contribution is 2.15. The van der Waals surface area contributed by atoms with E-state index >= 15 is 0 Å². The van der Waals surface area contributed by atoms with Gasteiger partial charge < -0.3 is 5.32 Å². The van der Waals surface area contributed by atoms with Gasteiger partial charge in [-0.1, -0.05) is 58.2 Å². The van der Waals surface area contributed by atoms with Crippen LogP contribution in [0, 0.1) is 0 Å². The van der Waals surface area contributed by atoms with Crippen molar-refractivity contribution in [1.82, 2.24) is 10.0 Å². The molecule has 1 rings (SSSR count). The van der Waals surface area contributed by atoms with Crippen LogP contribution in [0.15, 0.2) is 29.2 Å². The molecule has 0 fully saturated rings. The van der Waals surface area contributed by atoms with E-state index in [1.54, 1.807) is 12.1 Å². The van der Waals surface area contributed by atoms with Crippen LogP contribution in [0.1, 0.15) is 52.0 Å². The fraction of sp³-hybridized carbons (Fsp3) is 0.625. The largest absolute Gasteiger partial charge is 0.310 e. The zero-order valence-electron chi connectivity index (χ0n) is 13.4. The summed E-state index contributed by atoms with van der Waals surface area (Å²) in [6, 6.07) is 7.50. The van der Waals surface area contributed by atoms with Crippen LogP contribution in [0.25, 0.3) is 0 Å². The predicted molar refractivity (Wildman–Crippen MR) is 87.7 cm³/mol. The lowest BCUT2D eigenvalue weighted by Crippen LogP contribution is -2.28. The van der Waals surface area contributed by atoms with Crippen molar-refractivity contribution in [2.45, 2.75) is 63.9 Å². The van der Waals surface area contributed by atoms with Crippen molar-refractivity contribution in [2.75, 3.05) is 6.54 Å². The smallest absolute Gasteiger partial charge is 0.240 e. The molecule has 2 N–H and O–H groups in total. The molecule has 0 atom stereocenters. The molecule has 1 aromatic carbocycles. The first kappa shape index (κ1) is 18.1. The van der Waals surface area contributed by atoms with Crippen LogP contribution in [0.5, 0.6) is 0 Å². The summed E-state index contributed by atoms with van der Waals surface area (Å²) in [5.41, 5.74) is 0.812. The molecule has 120 valence electrons. The lowest BCUT2D eigenvalue weighted by Gasteiger charge is -2.13. The van der Waals surface area contributed by atoms with Gasteiger partial charge >= 0.3 is 0 Å². The third-order valence-electron chi connectivity index (χ3n) is 3.29. The molecule has 0 aliphatic rings. The Morgan fingerprint density at radius 3 is 2.48 bits per heavy atom. The fourth-order valence-corrected chi connectivity index (χ4v) is 3.37. The van der Waals surface area contributed by atoms with Crippen LogP contribution < -0.4 is 10.0 Å². The van der Waals surface area contributed by atoms with Gasteiger partial charge in [0.15, 0.2) is 0 Å². The Balaban J connectivity index is 2.69. The number of rotatable bonds is 10. The van der Waals surface area contributed by atoms with Crippen molar-refractivity contribution in [1.29, 1.82) is 0 Å². The first-order chi connectivity index (χ1) is 9.97. The highest BCUT2D eigenvalue weighted by molar-refractivity contribution is 7.89. The maximum atomic E-state index is 12.4. The number of nitrogens with one attached hydrogen (secondary N) is 2. The Kier molecular flexibility index (Phi) is 7.93. The second-order valence-corrected chi connectivity index (χ2v) is 7.34. The second-order valence-electron chi connectivity index (χ2n) is 5.60. The Labute approximate surface area is 129 Å². The predicted octanol–water partition coefficient (Wildman–Crippen LogP) is 3.04. The summed E-state index contributed by atoms with van der Waals surface area (Å²) in [5, 5.41) is 3.27. The van der Waals surface area contributed by atoms with Gasteiger partial charge in [0.05, 0.1) is 4.90 Å². The first-order valence-corrected chi connectivity index (χ1v) is 9.26. The maximum Gasteiger partial charge on any atom is 0.240 e. The average molecular weight is 312 g/mol. The van der Waals surface area contributed by atoms with E-state index in [4.69, 9.17) is 0 Å². The van der Waals surface area contributed by atoms with Gasteiger partial charge in [0, 0.05) is 19.1 Å². The van der Waals surface area contributed by atoms with Gasteiger partial charge in [-0.2, -0.15) is 0 Å². The monoisotopic (exact) mass is 312 g/mol. The maximum absolute atomic E-state index is 12.4. The van der Waals surface area contributed by atoms with Crippen LogP contribution in [0.2, 0.25) is 0 Å². The molecule has 4 nitrogen and oxygen atoms in total. The SMILES string of the molecule is CCCCCCNS(=O)(=O)c1ccccc1CNC(C)C. The van der Waals surface area contributed by atoms with E-state index in [1.165, 1.54) is 0 Å². The third-order valence-corrected chi connectivity index (χ3v) is 4.85. The molecule has 0 bridgehead atoms.